The van der Waals surface area contributed by atoms with Crippen LogP contribution >= 0.6 is 0 Å². The molecule has 1 unspecified atom stereocenters. The van der Waals surface area contributed by atoms with E-state index in [4.69, 9.17) is 15.6 Å². The van der Waals surface area contributed by atoms with E-state index in [0.717, 1.165) is 6.42 Å². The first kappa shape index (κ1) is 10.8. The average Bonchev–Trinajstić information content (AvgIpc) is 1.99. The normalized spacial score (nSPS) is 20.3. The van der Waals surface area contributed by atoms with Crippen LogP contribution in [0.1, 0.15) is 12.8 Å². The molecule has 80 valence electrons. The first-order chi connectivity index (χ1) is 6.61. The molecule has 6 nitrogen and oxygen atoms in total. The van der Waals surface area contributed by atoms with Gasteiger partial charge < -0.3 is 20.5 Å². The summed E-state index contributed by atoms with van der Waals surface area (Å²) in [4.78, 5) is 22.4. The fourth-order valence-corrected chi connectivity index (χ4v) is 1.28. The maximum absolute atomic E-state index is 10.7. The molecule has 1 fully saturated rings. The Morgan fingerprint density at radius 1 is 1.57 bits per heavy atom. The lowest BCUT2D eigenvalue weighted by Gasteiger charge is -2.39. The Morgan fingerprint density at radius 2 is 2.29 bits per heavy atom. The molecular formula is C8H14N2O4. The van der Waals surface area contributed by atoms with Gasteiger partial charge >= 0.3 is 12.0 Å². The Hall–Kier alpha value is -1.30. The summed E-state index contributed by atoms with van der Waals surface area (Å²) in [6.45, 7) is 1.22. The molecule has 0 saturated carbocycles. The van der Waals surface area contributed by atoms with Gasteiger partial charge in [0.25, 0.3) is 0 Å². The van der Waals surface area contributed by atoms with Crippen molar-refractivity contribution < 1.29 is 19.4 Å². The van der Waals surface area contributed by atoms with Gasteiger partial charge in [0.15, 0.2) is 0 Å². The standard InChI is InChI=1S/C8H14N2O4/c9-8(13)10-3-1-6(10)5-14-4-2-7(11)12/h6H,1-5H2,(H2,9,13)(H,11,12). The van der Waals surface area contributed by atoms with Gasteiger partial charge in [-0.2, -0.15) is 0 Å². The van der Waals surface area contributed by atoms with Gasteiger partial charge in [-0.3, -0.25) is 4.79 Å². The zero-order valence-corrected chi connectivity index (χ0v) is 7.81. The Labute approximate surface area is 81.6 Å². The van der Waals surface area contributed by atoms with E-state index < -0.39 is 12.0 Å². The molecule has 0 aromatic carbocycles. The van der Waals surface area contributed by atoms with Crippen LogP contribution in [0.3, 0.4) is 0 Å². The number of carboxylic acid groups (broad SMARTS) is 1. The lowest BCUT2D eigenvalue weighted by Crippen LogP contribution is -2.55. The number of hydrogen-bond donors (Lipinski definition) is 2. The average molecular weight is 202 g/mol. The fraction of sp³-hybridized carbons (Fsp3) is 0.750. The number of rotatable bonds is 5. The molecule has 1 aliphatic heterocycles. The summed E-state index contributed by atoms with van der Waals surface area (Å²) < 4.78 is 5.10. The molecule has 1 aliphatic rings. The number of hydrogen-bond acceptors (Lipinski definition) is 3. The van der Waals surface area contributed by atoms with Crippen molar-refractivity contribution in [2.24, 2.45) is 5.73 Å². The Kier molecular flexibility index (Phi) is 3.70. The number of likely N-dealkylation sites (tertiary alicyclic amines) is 1. The highest BCUT2D eigenvalue weighted by Gasteiger charge is 2.30. The molecule has 0 radical (unpaired) electrons. The van der Waals surface area contributed by atoms with E-state index in [1.54, 1.807) is 0 Å². The van der Waals surface area contributed by atoms with E-state index in [1.807, 2.05) is 0 Å². The summed E-state index contributed by atoms with van der Waals surface area (Å²) in [6, 6.07) is -0.413. The quantitative estimate of drug-likeness (QED) is 0.595. The van der Waals surface area contributed by atoms with Crippen molar-refractivity contribution in [3.05, 3.63) is 0 Å². The second-order valence-electron chi connectivity index (χ2n) is 3.19. The molecule has 0 bridgehead atoms. The highest BCUT2D eigenvalue weighted by molar-refractivity contribution is 5.73. The molecule has 14 heavy (non-hydrogen) atoms. The van der Waals surface area contributed by atoms with Crippen molar-refractivity contribution in [1.29, 1.82) is 0 Å². The highest BCUT2D eigenvalue weighted by atomic mass is 16.5. The topological polar surface area (TPSA) is 92.9 Å². The number of carbonyl (C=O) groups is 2. The Balaban J connectivity index is 2.07. The van der Waals surface area contributed by atoms with Crippen LogP contribution in [0.25, 0.3) is 0 Å². The third-order valence-electron chi connectivity index (χ3n) is 2.20. The van der Waals surface area contributed by atoms with Crippen LogP contribution in [0.5, 0.6) is 0 Å². The van der Waals surface area contributed by atoms with Gasteiger partial charge in [0.1, 0.15) is 0 Å². The number of carboxylic acids is 1. The van der Waals surface area contributed by atoms with E-state index in [0.29, 0.717) is 13.2 Å². The lowest BCUT2D eigenvalue weighted by molar-refractivity contribution is -0.138. The van der Waals surface area contributed by atoms with E-state index in [9.17, 15) is 9.59 Å². The monoisotopic (exact) mass is 202 g/mol. The predicted octanol–water partition coefficient (Wildman–Crippen LogP) is -0.369. The van der Waals surface area contributed by atoms with E-state index in [1.165, 1.54) is 4.90 Å². The van der Waals surface area contributed by atoms with Crippen molar-refractivity contribution in [3.63, 3.8) is 0 Å². The summed E-state index contributed by atoms with van der Waals surface area (Å²) >= 11 is 0. The number of amides is 2. The van der Waals surface area contributed by atoms with Gasteiger partial charge in [-0.25, -0.2) is 4.79 Å². The highest BCUT2D eigenvalue weighted by Crippen LogP contribution is 2.16. The molecular weight excluding hydrogens is 188 g/mol. The van der Waals surface area contributed by atoms with Gasteiger partial charge in [0.05, 0.1) is 25.7 Å². The summed E-state index contributed by atoms with van der Waals surface area (Å²) in [7, 11) is 0. The van der Waals surface area contributed by atoms with Crippen LogP contribution in [0.4, 0.5) is 4.79 Å². The third-order valence-corrected chi connectivity index (χ3v) is 2.20. The summed E-state index contributed by atoms with van der Waals surface area (Å²) in [5, 5.41) is 8.33. The van der Waals surface area contributed by atoms with E-state index >= 15 is 0 Å². The van der Waals surface area contributed by atoms with Crippen LogP contribution in [-0.4, -0.2) is 47.8 Å². The maximum atomic E-state index is 10.7. The predicted molar refractivity (Wildman–Crippen MR) is 47.8 cm³/mol. The zero-order valence-electron chi connectivity index (χ0n) is 7.81. The lowest BCUT2D eigenvalue weighted by atomic mass is 10.1. The van der Waals surface area contributed by atoms with Crippen LogP contribution < -0.4 is 5.73 Å². The largest absolute Gasteiger partial charge is 0.481 e. The first-order valence-electron chi connectivity index (χ1n) is 4.47. The minimum absolute atomic E-state index is 0.0106. The number of nitrogens with zero attached hydrogens (tertiary/aromatic N) is 1. The second kappa shape index (κ2) is 4.80. The summed E-state index contributed by atoms with van der Waals surface area (Å²) in [6.07, 6.45) is 0.860. The Bertz CT molecular complexity index is 231. The minimum Gasteiger partial charge on any atom is -0.481 e. The number of primary amides is 1. The van der Waals surface area contributed by atoms with Gasteiger partial charge in [0, 0.05) is 6.54 Å². The van der Waals surface area contributed by atoms with Gasteiger partial charge in [0.2, 0.25) is 0 Å². The van der Waals surface area contributed by atoms with Crippen molar-refractivity contribution >= 4 is 12.0 Å². The summed E-state index contributed by atoms with van der Waals surface area (Å²) in [5.74, 6) is -0.884. The van der Waals surface area contributed by atoms with Crippen LogP contribution in [-0.2, 0) is 9.53 Å². The molecule has 1 heterocycles. The molecule has 0 spiro atoms. The molecule has 1 saturated heterocycles. The molecule has 0 aromatic heterocycles. The third kappa shape index (κ3) is 2.88. The van der Waals surface area contributed by atoms with Gasteiger partial charge in [-0.15, -0.1) is 0 Å². The Morgan fingerprint density at radius 3 is 2.71 bits per heavy atom. The zero-order chi connectivity index (χ0) is 10.6. The fourth-order valence-electron chi connectivity index (χ4n) is 1.28. The number of nitrogens with two attached hydrogens (primary N) is 1. The summed E-state index contributed by atoms with van der Waals surface area (Å²) in [5.41, 5.74) is 5.08. The molecule has 2 amide bonds. The molecule has 3 N–H and O–H groups in total. The number of ether oxygens (including phenoxy) is 1. The number of urea groups is 1. The number of carbonyl (C=O) groups excluding carboxylic acids is 1. The maximum Gasteiger partial charge on any atom is 0.315 e. The van der Waals surface area contributed by atoms with Gasteiger partial charge in [-0.1, -0.05) is 0 Å². The van der Waals surface area contributed by atoms with Crippen molar-refractivity contribution in [2.45, 2.75) is 18.9 Å². The molecule has 1 rings (SSSR count). The smallest absolute Gasteiger partial charge is 0.315 e. The molecule has 0 aromatic rings. The van der Waals surface area contributed by atoms with E-state index in [2.05, 4.69) is 0 Å². The van der Waals surface area contributed by atoms with Crippen molar-refractivity contribution in [3.8, 4) is 0 Å². The first-order valence-corrected chi connectivity index (χ1v) is 4.47. The van der Waals surface area contributed by atoms with Crippen LogP contribution in [0.2, 0.25) is 0 Å². The number of aliphatic carboxylic acids is 1. The van der Waals surface area contributed by atoms with E-state index in [-0.39, 0.29) is 19.1 Å². The van der Waals surface area contributed by atoms with Crippen LogP contribution in [0.15, 0.2) is 0 Å². The minimum atomic E-state index is -0.884. The molecule has 0 aliphatic carbocycles. The van der Waals surface area contributed by atoms with Gasteiger partial charge in [-0.05, 0) is 6.42 Å². The van der Waals surface area contributed by atoms with Crippen molar-refractivity contribution in [2.75, 3.05) is 19.8 Å². The second-order valence-corrected chi connectivity index (χ2v) is 3.19. The SMILES string of the molecule is NC(=O)N1CCC1COCCC(=O)O. The molecule has 1 atom stereocenters. The van der Waals surface area contributed by atoms with Crippen LogP contribution in [0, 0.1) is 0 Å². The molecule has 6 heteroatoms. The van der Waals surface area contributed by atoms with Crippen molar-refractivity contribution in [1.82, 2.24) is 4.90 Å².